The van der Waals surface area contributed by atoms with E-state index in [0.29, 0.717) is 0 Å². The Hall–Kier alpha value is -1.74. The summed E-state index contributed by atoms with van der Waals surface area (Å²) in [6.45, 7) is 0. The van der Waals surface area contributed by atoms with E-state index in [4.69, 9.17) is 0 Å². The van der Waals surface area contributed by atoms with Crippen LogP contribution in [0.4, 0.5) is 11.6 Å². The lowest BCUT2D eigenvalue weighted by atomic mass is 10.7. The highest BCUT2D eigenvalue weighted by atomic mass is 16.6. The molecule has 0 aromatic carbocycles. The van der Waals surface area contributed by atoms with Gasteiger partial charge in [-0.1, -0.05) is 0 Å². The molecule has 1 aromatic heterocycles. The van der Waals surface area contributed by atoms with Crippen molar-refractivity contribution in [1.29, 1.82) is 0 Å². The third-order valence-electron chi connectivity index (χ3n) is 0.907. The summed E-state index contributed by atoms with van der Waals surface area (Å²) >= 11 is 0. The number of hydrazine groups is 1. The molecule has 0 saturated carbocycles. The standard InChI is InChI=1S/C3H4N5O4/c1-7(9)4-2-3(8(10)11)6-12-5-2/h1H3,(H,4,5)/q-1. The quantitative estimate of drug-likeness (QED) is 0.491. The predicted molar refractivity (Wildman–Crippen MR) is 35.7 cm³/mol. The molecule has 0 aliphatic carbocycles. The molecule has 0 fully saturated rings. The molecule has 0 bridgehead atoms. The monoisotopic (exact) mass is 174 g/mol. The molecule has 1 N–H and O–H groups in total. The van der Waals surface area contributed by atoms with E-state index in [1.165, 1.54) is 0 Å². The van der Waals surface area contributed by atoms with Crippen LogP contribution in [0.25, 0.3) is 0 Å². The van der Waals surface area contributed by atoms with Crippen molar-refractivity contribution in [2.75, 3.05) is 12.5 Å². The minimum Gasteiger partial charge on any atom is -0.768 e. The van der Waals surface area contributed by atoms with E-state index in [-0.39, 0.29) is 11.0 Å². The molecule has 0 aliphatic rings. The van der Waals surface area contributed by atoms with Gasteiger partial charge in [0.2, 0.25) is 0 Å². The molecule has 0 atom stereocenters. The lowest BCUT2D eigenvalue weighted by Crippen LogP contribution is -2.18. The lowest BCUT2D eigenvalue weighted by molar-refractivity contribution is -0.390. The van der Waals surface area contributed by atoms with Gasteiger partial charge in [0.05, 0.1) is 0 Å². The summed E-state index contributed by atoms with van der Waals surface area (Å²) < 4.78 is 4.04. The van der Waals surface area contributed by atoms with Gasteiger partial charge in [0, 0.05) is 5.16 Å². The molecule has 0 amide bonds. The van der Waals surface area contributed by atoms with Crippen LogP contribution in [0.3, 0.4) is 0 Å². The third-order valence-corrected chi connectivity index (χ3v) is 0.907. The Morgan fingerprint density at radius 2 is 2.33 bits per heavy atom. The molecule has 1 heterocycles. The van der Waals surface area contributed by atoms with Crippen LogP contribution in [0, 0.1) is 15.3 Å². The van der Waals surface area contributed by atoms with Crippen molar-refractivity contribution in [3.63, 3.8) is 0 Å². The highest BCUT2D eigenvalue weighted by Gasteiger charge is 2.21. The smallest absolute Gasteiger partial charge is 0.460 e. The molecule has 9 nitrogen and oxygen atoms in total. The van der Waals surface area contributed by atoms with Crippen LogP contribution in [0.5, 0.6) is 0 Å². The zero-order valence-electron chi connectivity index (χ0n) is 5.92. The molecule has 0 aliphatic heterocycles. The predicted octanol–water partition coefficient (Wildman–Crippen LogP) is -0.266. The first-order valence-corrected chi connectivity index (χ1v) is 2.75. The summed E-state index contributed by atoms with van der Waals surface area (Å²) in [7, 11) is 1.11. The van der Waals surface area contributed by atoms with Gasteiger partial charge < -0.3 is 25.9 Å². The molecule has 1 rings (SSSR count). The van der Waals surface area contributed by atoms with E-state index >= 15 is 0 Å². The topological polar surface area (TPSA) is 120 Å². The van der Waals surface area contributed by atoms with Crippen LogP contribution >= 0.6 is 0 Å². The van der Waals surface area contributed by atoms with E-state index in [2.05, 4.69) is 14.9 Å². The molecule has 0 spiro atoms. The Morgan fingerprint density at radius 1 is 1.67 bits per heavy atom. The Bertz CT molecular complexity index is 282. The maximum absolute atomic E-state index is 10.4. The van der Waals surface area contributed by atoms with Gasteiger partial charge in [0.1, 0.15) is 0 Å². The summed E-state index contributed by atoms with van der Waals surface area (Å²) in [5.74, 6) is -0.949. The number of hydrogen-bond donors (Lipinski definition) is 1. The number of anilines is 1. The van der Waals surface area contributed by atoms with Crippen LogP contribution in [0.1, 0.15) is 0 Å². The number of hydroxylamine groups is 1. The van der Waals surface area contributed by atoms with Gasteiger partial charge in [-0.25, -0.2) is 0 Å². The van der Waals surface area contributed by atoms with Gasteiger partial charge in [0.15, 0.2) is 5.16 Å². The van der Waals surface area contributed by atoms with E-state index in [1.54, 1.807) is 0 Å². The second-order valence-corrected chi connectivity index (χ2v) is 1.80. The Labute approximate surface area is 65.6 Å². The molecule has 1 aromatic rings. The first-order chi connectivity index (χ1) is 5.61. The minimum absolute atomic E-state index is 0.243. The van der Waals surface area contributed by atoms with Crippen molar-refractivity contribution in [3.05, 3.63) is 15.3 Å². The van der Waals surface area contributed by atoms with Crippen LogP contribution in [-0.2, 0) is 0 Å². The van der Waals surface area contributed by atoms with Crippen LogP contribution in [0.15, 0.2) is 4.63 Å². The zero-order chi connectivity index (χ0) is 9.14. The molecular weight excluding hydrogens is 170 g/mol. The summed E-state index contributed by atoms with van der Waals surface area (Å²) in [5.41, 5.74) is 2.00. The Kier molecular flexibility index (Phi) is 2.16. The summed E-state index contributed by atoms with van der Waals surface area (Å²) in [6, 6.07) is 0. The maximum Gasteiger partial charge on any atom is 0.460 e. The lowest BCUT2D eigenvalue weighted by Gasteiger charge is -2.20. The van der Waals surface area contributed by atoms with Gasteiger partial charge >= 0.3 is 5.82 Å². The van der Waals surface area contributed by atoms with Crippen LogP contribution < -0.4 is 5.43 Å². The second-order valence-electron chi connectivity index (χ2n) is 1.80. The van der Waals surface area contributed by atoms with E-state index in [9.17, 15) is 15.3 Å². The molecule has 0 radical (unpaired) electrons. The highest BCUT2D eigenvalue weighted by Crippen LogP contribution is 2.17. The minimum atomic E-state index is -0.817. The Balaban J connectivity index is 2.84. The number of nitrogens with one attached hydrogen (secondary N) is 1. The van der Waals surface area contributed by atoms with E-state index in [1.807, 2.05) is 5.43 Å². The van der Waals surface area contributed by atoms with Gasteiger partial charge in [-0.05, 0) is 12.0 Å². The largest absolute Gasteiger partial charge is 0.768 e. The normalized spacial score (nSPS) is 10.2. The van der Waals surface area contributed by atoms with Crippen molar-refractivity contribution in [1.82, 2.24) is 15.5 Å². The fraction of sp³-hybridized carbons (Fsp3) is 0.333. The van der Waals surface area contributed by atoms with E-state index < -0.39 is 10.7 Å². The molecule has 9 heteroatoms. The van der Waals surface area contributed by atoms with Gasteiger partial charge in [-0.15, -0.1) is 4.63 Å². The number of nitrogens with zero attached hydrogens (tertiary/aromatic N) is 4. The fourth-order valence-corrected chi connectivity index (χ4v) is 0.523. The molecule has 12 heavy (non-hydrogen) atoms. The number of nitro groups is 1. The number of aromatic nitrogens is 2. The molecule has 66 valence electrons. The van der Waals surface area contributed by atoms with Crippen molar-refractivity contribution < 1.29 is 9.55 Å². The first kappa shape index (κ1) is 8.36. The van der Waals surface area contributed by atoms with Gasteiger partial charge in [-0.2, -0.15) is 0 Å². The van der Waals surface area contributed by atoms with Crippen molar-refractivity contribution >= 4 is 11.6 Å². The number of hydrogen-bond acceptors (Lipinski definition) is 8. The number of rotatable bonds is 3. The summed E-state index contributed by atoms with van der Waals surface area (Å²) in [6.07, 6.45) is 0. The third kappa shape index (κ3) is 1.65. The molecular formula is C3H4N5O4-. The average molecular weight is 174 g/mol. The van der Waals surface area contributed by atoms with Gasteiger partial charge in [-0.3, -0.25) is 0 Å². The van der Waals surface area contributed by atoms with E-state index in [0.717, 1.165) is 7.05 Å². The highest BCUT2D eigenvalue weighted by molar-refractivity contribution is 5.47. The maximum atomic E-state index is 10.4. The fourth-order valence-electron chi connectivity index (χ4n) is 0.523. The van der Waals surface area contributed by atoms with Crippen molar-refractivity contribution in [3.8, 4) is 0 Å². The van der Waals surface area contributed by atoms with Crippen LogP contribution in [0.2, 0.25) is 0 Å². The zero-order valence-corrected chi connectivity index (χ0v) is 5.92. The van der Waals surface area contributed by atoms with Crippen molar-refractivity contribution in [2.24, 2.45) is 0 Å². The first-order valence-electron chi connectivity index (χ1n) is 2.75. The van der Waals surface area contributed by atoms with Crippen molar-refractivity contribution in [2.45, 2.75) is 0 Å². The average Bonchev–Trinajstić information content (AvgIpc) is 2.33. The van der Waals surface area contributed by atoms with Crippen LogP contribution in [-0.4, -0.2) is 27.5 Å². The molecule has 0 unspecified atom stereocenters. The van der Waals surface area contributed by atoms with Gasteiger partial charge in [0.25, 0.3) is 5.82 Å². The summed E-state index contributed by atoms with van der Waals surface area (Å²) in [5, 5.41) is 26.8. The SMILES string of the molecule is CN([O-])Nc1nonc1[N+](=O)[O-]. The Morgan fingerprint density at radius 3 is 2.83 bits per heavy atom. The molecule has 0 saturated heterocycles. The summed E-state index contributed by atoms with van der Waals surface area (Å²) in [4.78, 5) is 9.33. The second kappa shape index (κ2) is 3.11.